The fraction of sp³-hybridized carbons (Fsp3) is 0.400. The third-order valence-electron chi connectivity index (χ3n) is 3.25. The van der Waals surface area contributed by atoms with Crippen LogP contribution in [0.15, 0.2) is 24.3 Å². The Hall–Kier alpha value is -1.23. The van der Waals surface area contributed by atoms with E-state index in [2.05, 4.69) is 42.3 Å². The second-order valence-electron chi connectivity index (χ2n) is 4.55. The van der Waals surface area contributed by atoms with Crippen LogP contribution in [-0.2, 0) is 11.3 Å². The fourth-order valence-electron chi connectivity index (χ4n) is 2.14. The molecule has 0 saturated carbocycles. The maximum Gasteiger partial charge on any atom is 0.115 e. The molecular weight excluding hydrogens is 256 g/mol. The molecule has 4 heteroatoms. The van der Waals surface area contributed by atoms with Crippen LogP contribution in [0.5, 0.6) is 0 Å². The Bertz CT molecular complexity index is 531. The first-order valence-corrected chi connectivity index (χ1v) is 7.17. The predicted octanol–water partition coefficient (Wildman–Crippen LogP) is 3.22. The summed E-state index contributed by atoms with van der Waals surface area (Å²) in [4.78, 5) is 5.95. The highest BCUT2D eigenvalue weighted by molar-refractivity contribution is 7.11. The second-order valence-corrected chi connectivity index (χ2v) is 5.78. The van der Waals surface area contributed by atoms with Crippen LogP contribution in [0.2, 0.25) is 0 Å². The van der Waals surface area contributed by atoms with Gasteiger partial charge in [0.25, 0.3) is 0 Å². The van der Waals surface area contributed by atoms with Crippen LogP contribution in [0.3, 0.4) is 0 Å². The van der Waals surface area contributed by atoms with E-state index in [4.69, 9.17) is 4.74 Å². The number of methoxy groups -OCH3 is 1. The summed E-state index contributed by atoms with van der Waals surface area (Å²) in [5, 5.41) is 4.48. The summed E-state index contributed by atoms with van der Waals surface area (Å²) in [6, 6.07) is 8.48. The van der Waals surface area contributed by atoms with Crippen LogP contribution in [0.25, 0.3) is 0 Å². The highest BCUT2D eigenvalue weighted by Crippen LogP contribution is 2.29. The molecule has 0 amide bonds. The molecule has 0 aliphatic rings. The molecule has 0 bridgehead atoms. The zero-order valence-corrected chi connectivity index (χ0v) is 12.7. The van der Waals surface area contributed by atoms with Crippen molar-refractivity contribution in [2.75, 3.05) is 14.2 Å². The standard InChI is InChI=1S/C15H20N2OS/c1-10-11(2)19-15(17-10)14(16-3)13-8-6-5-7-12(13)9-18-4/h5-8,14,16H,9H2,1-4H3. The van der Waals surface area contributed by atoms with Crippen LogP contribution in [0, 0.1) is 13.8 Å². The Morgan fingerprint density at radius 2 is 2.05 bits per heavy atom. The van der Waals surface area contributed by atoms with Crippen molar-refractivity contribution in [3.63, 3.8) is 0 Å². The minimum atomic E-state index is 0.128. The average molecular weight is 276 g/mol. The van der Waals surface area contributed by atoms with Gasteiger partial charge in [-0.1, -0.05) is 24.3 Å². The van der Waals surface area contributed by atoms with Gasteiger partial charge in [0, 0.05) is 12.0 Å². The van der Waals surface area contributed by atoms with E-state index in [1.54, 1.807) is 18.4 Å². The molecule has 1 unspecified atom stereocenters. The first kappa shape index (κ1) is 14.2. The van der Waals surface area contributed by atoms with Gasteiger partial charge in [-0.3, -0.25) is 0 Å². The lowest BCUT2D eigenvalue weighted by molar-refractivity contribution is 0.184. The van der Waals surface area contributed by atoms with Gasteiger partial charge in [0.05, 0.1) is 18.3 Å². The lowest BCUT2D eigenvalue weighted by atomic mass is 10.0. The molecule has 1 atom stereocenters. The van der Waals surface area contributed by atoms with Crippen molar-refractivity contribution in [2.45, 2.75) is 26.5 Å². The Morgan fingerprint density at radius 1 is 1.32 bits per heavy atom. The predicted molar refractivity (Wildman–Crippen MR) is 79.6 cm³/mol. The number of hydrogen-bond donors (Lipinski definition) is 1. The van der Waals surface area contributed by atoms with E-state index < -0.39 is 0 Å². The SMILES string of the molecule is CNC(c1nc(C)c(C)s1)c1ccccc1COC. The number of aryl methyl sites for hydroxylation is 2. The van der Waals surface area contributed by atoms with Crippen molar-refractivity contribution < 1.29 is 4.74 Å². The summed E-state index contributed by atoms with van der Waals surface area (Å²) in [6.07, 6.45) is 0. The summed E-state index contributed by atoms with van der Waals surface area (Å²) < 4.78 is 5.28. The Labute approximate surface area is 118 Å². The van der Waals surface area contributed by atoms with Crippen LogP contribution in [0.1, 0.15) is 32.7 Å². The lowest BCUT2D eigenvalue weighted by Gasteiger charge is -2.17. The second kappa shape index (κ2) is 6.28. The summed E-state index contributed by atoms with van der Waals surface area (Å²) in [6.45, 7) is 4.80. The topological polar surface area (TPSA) is 34.2 Å². The Morgan fingerprint density at radius 3 is 2.63 bits per heavy atom. The van der Waals surface area contributed by atoms with E-state index >= 15 is 0 Å². The van der Waals surface area contributed by atoms with Gasteiger partial charge in [-0.05, 0) is 32.0 Å². The maximum atomic E-state index is 5.28. The zero-order valence-electron chi connectivity index (χ0n) is 11.9. The number of rotatable bonds is 5. The quantitative estimate of drug-likeness (QED) is 0.910. The van der Waals surface area contributed by atoms with E-state index in [1.807, 2.05) is 13.1 Å². The molecule has 2 rings (SSSR count). The van der Waals surface area contributed by atoms with Crippen molar-refractivity contribution >= 4 is 11.3 Å². The number of thiazole rings is 1. The van der Waals surface area contributed by atoms with Gasteiger partial charge in [0.2, 0.25) is 0 Å². The van der Waals surface area contributed by atoms with Gasteiger partial charge in [0.1, 0.15) is 5.01 Å². The molecule has 102 valence electrons. The lowest BCUT2D eigenvalue weighted by Crippen LogP contribution is -2.19. The largest absolute Gasteiger partial charge is 0.380 e. The first-order chi connectivity index (χ1) is 9.17. The monoisotopic (exact) mass is 276 g/mol. The van der Waals surface area contributed by atoms with Crippen molar-refractivity contribution in [3.8, 4) is 0 Å². The van der Waals surface area contributed by atoms with Crippen molar-refractivity contribution in [1.82, 2.24) is 10.3 Å². The van der Waals surface area contributed by atoms with E-state index in [1.165, 1.54) is 16.0 Å². The fourth-order valence-corrected chi connectivity index (χ4v) is 3.19. The molecule has 0 radical (unpaired) electrons. The molecule has 19 heavy (non-hydrogen) atoms. The zero-order chi connectivity index (χ0) is 13.8. The van der Waals surface area contributed by atoms with Gasteiger partial charge < -0.3 is 10.1 Å². The molecule has 2 aromatic rings. The van der Waals surface area contributed by atoms with E-state index in [-0.39, 0.29) is 6.04 Å². The van der Waals surface area contributed by atoms with Crippen molar-refractivity contribution in [3.05, 3.63) is 51.0 Å². The van der Waals surface area contributed by atoms with E-state index in [9.17, 15) is 0 Å². The van der Waals surface area contributed by atoms with Crippen LogP contribution in [0.4, 0.5) is 0 Å². The molecule has 1 N–H and O–H groups in total. The molecular formula is C15H20N2OS. The molecule has 0 aliphatic heterocycles. The van der Waals surface area contributed by atoms with Crippen LogP contribution < -0.4 is 5.32 Å². The summed E-state index contributed by atoms with van der Waals surface area (Å²) in [5.41, 5.74) is 3.56. The number of nitrogens with one attached hydrogen (secondary N) is 1. The molecule has 3 nitrogen and oxygen atoms in total. The summed E-state index contributed by atoms with van der Waals surface area (Å²) in [7, 11) is 3.70. The number of ether oxygens (including phenoxy) is 1. The first-order valence-electron chi connectivity index (χ1n) is 6.35. The van der Waals surface area contributed by atoms with Gasteiger partial charge in [-0.25, -0.2) is 4.98 Å². The third kappa shape index (κ3) is 3.03. The van der Waals surface area contributed by atoms with Crippen molar-refractivity contribution in [1.29, 1.82) is 0 Å². The molecule has 1 aromatic carbocycles. The normalized spacial score (nSPS) is 12.6. The minimum absolute atomic E-state index is 0.128. The summed E-state index contributed by atoms with van der Waals surface area (Å²) >= 11 is 1.75. The molecule has 0 saturated heterocycles. The Kier molecular flexibility index (Phi) is 4.69. The maximum absolute atomic E-state index is 5.28. The van der Waals surface area contributed by atoms with Crippen LogP contribution >= 0.6 is 11.3 Å². The number of aromatic nitrogens is 1. The average Bonchev–Trinajstić information content (AvgIpc) is 2.73. The molecule has 0 aliphatic carbocycles. The van der Waals surface area contributed by atoms with Gasteiger partial charge in [-0.15, -0.1) is 11.3 Å². The van der Waals surface area contributed by atoms with Crippen molar-refractivity contribution in [2.24, 2.45) is 0 Å². The molecule has 0 spiro atoms. The number of benzene rings is 1. The van der Waals surface area contributed by atoms with Gasteiger partial charge in [-0.2, -0.15) is 0 Å². The summed E-state index contributed by atoms with van der Waals surface area (Å²) in [5.74, 6) is 0. The van der Waals surface area contributed by atoms with Gasteiger partial charge in [0.15, 0.2) is 0 Å². The molecule has 1 aromatic heterocycles. The number of nitrogens with zero attached hydrogens (tertiary/aromatic N) is 1. The molecule has 1 heterocycles. The number of hydrogen-bond acceptors (Lipinski definition) is 4. The Balaban J connectivity index is 2.41. The highest BCUT2D eigenvalue weighted by atomic mass is 32.1. The van der Waals surface area contributed by atoms with Crippen LogP contribution in [-0.4, -0.2) is 19.1 Å². The smallest absolute Gasteiger partial charge is 0.115 e. The minimum Gasteiger partial charge on any atom is -0.380 e. The van der Waals surface area contributed by atoms with E-state index in [0.717, 1.165) is 10.7 Å². The van der Waals surface area contributed by atoms with Gasteiger partial charge >= 0.3 is 0 Å². The molecule has 0 fully saturated rings. The van der Waals surface area contributed by atoms with E-state index in [0.29, 0.717) is 6.61 Å². The third-order valence-corrected chi connectivity index (χ3v) is 4.38. The highest BCUT2D eigenvalue weighted by Gasteiger charge is 2.19.